The number of pyridine rings is 1. The van der Waals surface area contributed by atoms with Crippen molar-refractivity contribution in [1.82, 2.24) is 24.6 Å². The molecular weight excluding hydrogens is 665 g/mol. The van der Waals surface area contributed by atoms with E-state index in [1.165, 1.54) is 5.69 Å². The van der Waals surface area contributed by atoms with Crippen LogP contribution >= 0.6 is 0 Å². The summed E-state index contributed by atoms with van der Waals surface area (Å²) in [6.45, 7) is 13.0. The van der Waals surface area contributed by atoms with Gasteiger partial charge in [-0.2, -0.15) is 10.1 Å². The average Bonchev–Trinajstić information content (AvgIpc) is 3.32. The summed E-state index contributed by atoms with van der Waals surface area (Å²) >= 11 is 0. The Bertz CT molecular complexity index is 1970. The lowest BCUT2D eigenvalue weighted by Gasteiger charge is -2.36. The number of hydrogen-bond donors (Lipinski definition) is 0. The van der Waals surface area contributed by atoms with E-state index in [0.29, 0.717) is 30.9 Å². The minimum absolute atomic E-state index is 0.197. The van der Waals surface area contributed by atoms with E-state index >= 15 is 0 Å². The summed E-state index contributed by atoms with van der Waals surface area (Å²) in [5.41, 5.74) is 5.64. The number of carbonyl (C=O) groups excluding carboxylic acids is 1. The highest BCUT2D eigenvalue weighted by Gasteiger charge is 2.28. The Morgan fingerprint density at radius 2 is 1.47 bits per heavy atom. The molecule has 5 aromatic rings. The first kappa shape index (κ1) is 36.3. The Labute approximate surface area is 313 Å². The molecule has 10 nitrogen and oxygen atoms in total. The van der Waals surface area contributed by atoms with Gasteiger partial charge in [-0.15, -0.1) is 0 Å². The van der Waals surface area contributed by atoms with Crippen molar-refractivity contribution in [2.24, 2.45) is 13.0 Å². The molecule has 0 saturated carbocycles. The third-order valence-electron chi connectivity index (χ3n) is 10.1. The standard InChI is InChI=1S/C43H52N6O4/c1-43(2,3)53-42(50)49-24-12-23-47(27-28-49)29-32-21-25-48(26-22-32)37-18-11-17-35-39(45-46(4)40(35)37)36-19-20-38(51-30-33-13-7-5-8-14-33)44-41(36)52-31-34-15-9-6-10-16-34/h5-11,13-20,32H,12,21-31H2,1-4H3. The van der Waals surface area contributed by atoms with E-state index in [-0.39, 0.29) is 6.09 Å². The van der Waals surface area contributed by atoms with Gasteiger partial charge in [0.15, 0.2) is 0 Å². The van der Waals surface area contributed by atoms with Gasteiger partial charge in [-0.1, -0.05) is 72.8 Å². The van der Waals surface area contributed by atoms with Gasteiger partial charge in [0.2, 0.25) is 11.8 Å². The highest BCUT2D eigenvalue weighted by Crippen LogP contribution is 2.39. The van der Waals surface area contributed by atoms with Crippen LogP contribution in [0.1, 0.15) is 51.2 Å². The molecule has 0 aliphatic carbocycles. The zero-order valence-electron chi connectivity index (χ0n) is 31.5. The van der Waals surface area contributed by atoms with E-state index in [4.69, 9.17) is 24.3 Å². The number of anilines is 1. The maximum Gasteiger partial charge on any atom is 0.410 e. The van der Waals surface area contributed by atoms with Gasteiger partial charge in [0.1, 0.15) is 24.5 Å². The van der Waals surface area contributed by atoms with E-state index < -0.39 is 5.60 Å². The van der Waals surface area contributed by atoms with Crippen molar-refractivity contribution in [3.8, 4) is 23.0 Å². The number of benzene rings is 3. The maximum absolute atomic E-state index is 12.7. The first-order valence-corrected chi connectivity index (χ1v) is 19.0. The zero-order chi connectivity index (χ0) is 36.8. The summed E-state index contributed by atoms with van der Waals surface area (Å²) in [4.78, 5) is 24.5. The summed E-state index contributed by atoms with van der Waals surface area (Å²) in [7, 11) is 2.03. The van der Waals surface area contributed by atoms with Gasteiger partial charge >= 0.3 is 6.09 Å². The third kappa shape index (κ3) is 9.11. The number of fused-ring (bicyclic) bond motifs is 1. The molecule has 0 radical (unpaired) electrons. The predicted molar refractivity (Wildman–Crippen MR) is 209 cm³/mol. The Hall–Kier alpha value is -5.09. The van der Waals surface area contributed by atoms with Crippen LogP contribution in [0.4, 0.5) is 10.5 Å². The lowest BCUT2D eigenvalue weighted by Crippen LogP contribution is -2.41. The van der Waals surface area contributed by atoms with Crippen molar-refractivity contribution < 1.29 is 19.0 Å². The second-order valence-corrected chi connectivity index (χ2v) is 15.2. The molecule has 53 heavy (non-hydrogen) atoms. The number of piperidine rings is 1. The van der Waals surface area contributed by atoms with Gasteiger partial charge < -0.3 is 28.9 Å². The quantitative estimate of drug-likeness (QED) is 0.144. The Morgan fingerprint density at radius 1 is 0.774 bits per heavy atom. The summed E-state index contributed by atoms with van der Waals surface area (Å²) in [6, 6.07) is 30.7. The summed E-state index contributed by atoms with van der Waals surface area (Å²) in [5.74, 6) is 1.62. The fourth-order valence-electron chi connectivity index (χ4n) is 7.41. The normalized spacial score (nSPS) is 16.1. The lowest BCUT2D eigenvalue weighted by atomic mass is 9.95. The number of ether oxygens (including phenoxy) is 3. The van der Waals surface area contributed by atoms with E-state index in [9.17, 15) is 4.79 Å². The van der Waals surface area contributed by atoms with E-state index in [1.807, 2.05) is 98.1 Å². The Morgan fingerprint density at radius 3 is 2.17 bits per heavy atom. The molecule has 2 aliphatic heterocycles. The van der Waals surface area contributed by atoms with Gasteiger partial charge in [-0.05, 0) is 75.8 Å². The predicted octanol–water partition coefficient (Wildman–Crippen LogP) is 7.95. The summed E-state index contributed by atoms with van der Waals surface area (Å²) in [5, 5.41) is 6.14. The Kier molecular flexibility index (Phi) is 11.1. The lowest BCUT2D eigenvalue weighted by molar-refractivity contribution is 0.0257. The molecule has 0 N–H and O–H groups in total. The molecule has 7 rings (SSSR count). The molecule has 2 saturated heterocycles. The Balaban J connectivity index is 1.05. The number of rotatable bonds is 10. The highest BCUT2D eigenvalue weighted by atomic mass is 16.6. The van der Waals surface area contributed by atoms with Crippen LogP contribution in [0.5, 0.6) is 11.8 Å². The van der Waals surface area contributed by atoms with Crippen molar-refractivity contribution in [1.29, 1.82) is 0 Å². The van der Waals surface area contributed by atoms with Gasteiger partial charge in [0.25, 0.3) is 0 Å². The van der Waals surface area contributed by atoms with Crippen LogP contribution in [0.15, 0.2) is 91.0 Å². The van der Waals surface area contributed by atoms with E-state index in [2.05, 4.69) is 40.1 Å². The van der Waals surface area contributed by atoms with Gasteiger partial charge in [0, 0.05) is 57.8 Å². The average molecular weight is 717 g/mol. The fraction of sp³-hybridized carbons (Fsp3) is 0.419. The molecule has 2 fully saturated rings. The molecule has 1 amide bonds. The molecule has 4 heterocycles. The number of para-hydroxylation sites is 1. The smallest absolute Gasteiger partial charge is 0.410 e. The first-order valence-electron chi connectivity index (χ1n) is 19.0. The number of hydrogen-bond acceptors (Lipinski definition) is 8. The largest absolute Gasteiger partial charge is 0.473 e. The first-order chi connectivity index (χ1) is 25.7. The van der Waals surface area contributed by atoms with Crippen molar-refractivity contribution >= 4 is 22.7 Å². The van der Waals surface area contributed by atoms with Crippen LogP contribution in [0.3, 0.4) is 0 Å². The fourth-order valence-corrected chi connectivity index (χ4v) is 7.41. The topological polar surface area (TPSA) is 85.2 Å². The second kappa shape index (κ2) is 16.3. The SMILES string of the molecule is Cn1nc(-c2ccc(OCc3ccccc3)nc2OCc2ccccc2)c2cccc(N3CCC(CN4CCCN(C(=O)OC(C)(C)C)CC4)CC3)c21. The van der Waals surface area contributed by atoms with Crippen molar-refractivity contribution in [3.05, 3.63) is 102 Å². The summed E-state index contributed by atoms with van der Waals surface area (Å²) in [6.07, 6.45) is 3.02. The minimum atomic E-state index is -0.473. The maximum atomic E-state index is 12.7. The molecule has 278 valence electrons. The van der Waals surface area contributed by atoms with Gasteiger partial charge in [0.05, 0.1) is 16.8 Å². The van der Waals surface area contributed by atoms with Crippen LogP contribution in [-0.2, 0) is 25.0 Å². The molecule has 0 spiro atoms. The van der Waals surface area contributed by atoms with Gasteiger partial charge in [-0.3, -0.25) is 4.68 Å². The molecule has 0 unspecified atom stereocenters. The molecule has 10 heteroatoms. The zero-order valence-corrected chi connectivity index (χ0v) is 31.5. The van der Waals surface area contributed by atoms with Crippen LogP contribution in [0, 0.1) is 5.92 Å². The number of aryl methyl sites for hydroxylation is 1. The monoisotopic (exact) mass is 716 g/mol. The summed E-state index contributed by atoms with van der Waals surface area (Å²) < 4.78 is 20.2. The van der Waals surface area contributed by atoms with Crippen molar-refractivity contribution in [2.45, 2.75) is 58.8 Å². The number of amides is 1. The van der Waals surface area contributed by atoms with Crippen LogP contribution in [0.25, 0.3) is 22.2 Å². The number of nitrogens with zero attached hydrogens (tertiary/aromatic N) is 6. The van der Waals surface area contributed by atoms with Crippen LogP contribution in [-0.4, -0.2) is 82.1 Å². The third-order valence-corrected chi connectivity index (χ3v) is 10.1. The molecule has 2 aromatic heterocycles. The van der Waals surface area contributed by atoms with Crippen LogP contribution < -0.4 is 14.4 Å². The second-order valence-electron chi connectivity index (χ2n) is 15.2. The molecule has 2 aliphatic rings. The molecule has 3 aromatic carbocycles. The van der Waals surface area contributed by atoms with E-state index in [1.54, 1.807) is 0 Å². The van der Waals surface area contributed by atoms with Crippen molar-refractivity contribution in [2.75, 3.05) is 50.7 Å². The molecule has 0 atom stereocenters. The van der Waals surface area contributed by atoms with Crippen molar-refractivity contribution in [3.63, 3.8) is 0 Å². The number of carbonyl (C=O) groups is 1. The van der Waals surface area contributed by atoms with Gasteiger partial charge in [-0.25, -0.2) is 4.79 Å². The molecular formula is C43H52N6O4. The van der Waals surface area contributed by atoms with Crippen LogP contribution in [0.2, 0.25) is 0 Å². The van der Waals surface area contributed by atoms with E-state index in [0.717, 1.165) is 98.4 Å². The highest BCUT2D eigenvalue weighted by molar-refractivity contribution is 6.01. The molecule has 0 bridgehead atoms. The number of aromatic nitrogens is 3. The minimum Gasteiger partial charge on any atom is -0.473 e.